The first-order chi connectivity index (χ1) is 13.4. The number of fused-ring (bicyclic) bond motifs is 6. The fourth-order valence-corrected chi connectivity index (χ4v) is 3.91. The first kappa shape index (κ1) is 14.4. The van der Waals surface area contributed by atoms with Crippen molar-refractivity contribution in [3.8, 4) is 11.1 Å². The van der Waals surface area contributed by atoms with Crippen LogP contribution in [0.4, 0.5) is 0 Å². The lowest BCUT2D eigenvalue weighted by Crippen LogP contribution is -1.88. The number of hydrogen-bond donors (Lipinski definition) is 0. The molecule has 126 valence electrons. The number of aromatic nitrogens is 2. The van der Waals surface area contributed by atoms with Gasteiger partial charge >= 0.3 is 0 Å². The van der Waals surface area contributed by atoms with Crippen molar-refractivity contribution in [3.05, 3.63) is 85.2 Å². The first-order valence-electron chi connectivity index (χ1n) is 8.93. The van der Waals surface area contributed by atoms with Crippen LogP contribution in [-0.4, -0.2) is 9.97 Å². The molecule has 0 aliphatic carbocycles. The Labute approximate surface area is 154 Å². The highest BCUT2D eigenvalue weighted by atomic mass is 16.3. The summed E-state index contributed by atoms with van der Waals surface area (Å²) in [5.74, 6) is 0. The molecular weight excluding hydrogens is 332 g/mol. The van der Waals surface area contributed by atoms with E-state index in [9.17, 15) is 0 Å². The second-order valence-corrected chi connectivity index (χ2v) is 6.71. The van der Waals surface area contributed by atoms with E-state index in [0.29, 0.717) is 0 Å². The molecule has 3 aromatic heterocycles. The van der Waals surface area contributed by atoms with Crippen molar-refractivity contribution >= 4 is 43.7 Å². The largest absolute Gasteiger partial charge is 0.456 e. The highest BCUT2D eigenvalue weighted by Crippen LogP contribution is 2.36. The Hall–Kier alpha value is -3.72. The molecule has 0 fully saturated rings. The zero-order chi connectivity index (χ0) is 17.8. The molecule has 0 bridgehead atoms. The van der Waals surface area contributed by atoms with E-state index in [-0.39, 0.29) is 0 Å². The molecule has 6 rings (SSSR count). The Bertz CT molecular complexity index is 1480. The zero-order valence-corrected chi connectivity index (χ0v) is 14.4. The van der Waals surface area contributed by atoms with E-state index in [0.717, 1.165) is 54.9 Å². The molecule has 3 heteroatoms. The predicted octanol–water partition coefficient (Wildman–Crippen LogP) is 6.35. The third-order valence-corrected chi connectivity index (χ3v) is 5.15. The molecule has 27 heavy (non-hydrogen) atoms. The van der Waals surface area contributed by atoms with Gasteiger partial charge in [0, 0.05) is 33.9 Å². The molecule has 3 heterocycles. The summed E-state index contributed by atoms with van der Waals surface area (Å²) in [6.07, 6.45) is 3.65. The minimum Gasteiger partial charge on any atom is -0.456 e. The molecule has 0 amide bonds. The van der Waals surface area contributed by atoms with Gasteiger partial charge < -0.3 is 4.42 Å². The Morgan fingerprint density at radius 1 is 0.593 bits per heavy atom. The van der Waals surface area contributed by atoms with Crippen LogP contribution in [0.2, 0.25) is 0 Å². The second-order valence-electron chi connectivity index (χ2n) is 6.71. The lowest BCUT2D eigenvalue weighted by molar-refractivity contribution is 0.669. The first-order valence-corrected chi connectivity index (χ1v) is 8.93. The van der Waals surface area contributed by atoms with Crippen molar-refractivity contribution in [1.29, 1.82) is 0 Å². The van der Waals surface area contributed by atoms with Crippen LogP contribution in [0.5, 0.6) is 0 Å². The quantitative estimate of drug-likeness (QED) is 0.326. The van der Waals surface area contributed by atoms with Crippen molar-refractivity contribution in [1.82, 2.24) is 9.97 Å². The Balaban J connectivity index is 1.72. The minimum absolute atomic E-state index is 0.907. The van der Waals surface area contributed by atoms with E-state index in [1.54, 1.807) is 0 Å². The number of hydrogen-bond acceptors (Lipinski definition) is 3. The summed E-state index contributed by atoms with van der Waals surface area (Å²) in [6, 6.07) is 24.9. The third-order valence-electron chi connectivity index (χ3n) is 5.15. The van der Waals surface area contributed by atoms with Gasteiger partial charge in [-0.1, -0.05) is 36.4 Å². The average molecular weight is 346 g/mol. The van der Waals surface area contributed by atoms with Crippen LogP contribution in [0.1, 0.15) is 0 Å². The summed E-state index contributed by atoms with van der Waals surface area (Å²) < 4.78 is 5.98. The Morgan fingerprint density at radius 3 is 2.33 bits per heavy atom. The molecule has 0 aliphatic heterocycles. The molecule has 0 saturated carbocycles. The molecule has 0 aliphatic rings. The van der Waals surface area contributed by atoms with Crippen LogP contribution in [0.25, 0.3) is 54.9 Å². The molecule has 0 saturated heterocycles. The maximum atomic E-state index is 5.98. The van der Waals surface area contributed by atoms with Gasteiger partial charge in [-0.2, -0.15) is 0 Å². The average Bonchev–Trinajstić information content (AvgIpc) is 3.11. The summed E-state index contributed by atoms with van der Waals surface area (Å²) in [6.45, 7) is 0. The van der Waals surface area contributed by atoms with Gasteiger partial charge in [-0.15, -0.1) is 0 Å². The van der Waals surface area contributed by atoms with E-state index in [1.807, 2.05) is 42.7 Å². The SMILES string of the molecule is c1cnc2c(c1)cc(-c1ccc3oc4ccccc4c3c1)c1cccnc12. The van der Waals surface area contributed by atoms with Crippen molar-refractivity contribution in [2.24, 2.45) is 0 Å². The van der Waals surface area contributed by atoms with Crippen LogP contribution < -0.4 is 0 Å². The van der Waals surface area contributed by atoms with Crippen LogP contribution in [0.15, 0.2) is 89.6 Å². The van der Waals surface area contributed by atoms with E-state index in [2.05, 4.69) is 52.4 Å². The lowest BCUT2D eigenvalue weighted by atomic mass is 9.96. The summed E-state index contributed by atoms with van der Waals surface area (Å²) in [5.41, 5.74) is 6.00. The van der Waals surface area contributed by atoms with Gasteiger partial charge in [-0.3, -0.25) is 9.97 Å². The van der Waals surface area contributed by atoms with Crippen LogP contribution in [-0.2, 0) is 0 Å². The molecule has 0 radical (unpaired) electrons. The number of rotatable bonds is 1. The maximum absolute atomic E-state index is 5.98. The molecule has 6 aromatic rings. The van der Waals surface area contributed by atoms with Crippen molar-refractivity contribution in [2.45, 2.75) is 0 Å². The summed E-state index contributed by atoms with van der Waals surface area (Å²) in [7, 11) is 0. The zero-order valence-electron chi connectivity index (χ0n) is 14.4. The molecule has 3 aromatic carbocycles. The molecule has 3 nitrogen and oxygen atoms in total. The van der Waals surface area contributed by atoms with E-state index < -0.39 is 0 Å². The monoisotopic (exact) mass is 346 g/mol. The van der Waals surface area contributed by atoms with Gasteiger partial charge in [-0.05, 0) is 47.5 Å². The standard InChI is InChI=1S/C24H14N2O/c1-2-8-21-17(6-1)20-13-15(9-10-22(20)27-21)19-14-16-5-3-11-25-23(16)24-18(19)7-4-12-26-24/h1-14H. The predicted molar refractivity (Wildman–Crippen MR) is 110 cm³/mol. The lowest BCUT2D eigenvalue weighted by Gasteiger charge is -2.09. The molecule has 0 N–H and O–H groups in total. The number of para-hydroxylation sites is 1. The van der Waals surface area contributed by atoms with Crippen LogP contribution in [0, 0.1) is 0 Å². The van der Waals surface area contributed by atoms with E-state index in [4.69, 9.17) is 4.42 Å². The fourth-order valence-electron chi connectivity index (χ4n) is 3.91. The minimum atomic E-state index is 0.907. The van der Waals surface area contributed by atoms with Crippen molar-refractivity contribution < 1.29 is 4.42 Å². The Morgan fingerprint density at radius 2 is 1.37 bits per heavy atom. The molecule has 0 spiro atoms. The Kier molecular flexibility index (Phi) is 2.88. The van der Waals surface area contributed by atoms with Crippen molar-refractivity contribution in [2.75, 3.05) is 0 Å². The number of pyridine rings is 2. The van der Waals surface area contributed by atoms with E-state index >= 15 is 0 Å². The maximum Gasteiger partial charge on any atom is 0.135 e. The summed E-state index contributed by atoms with van der Waals surface area (Å²) >= 11 is 0. The van der Waals surface area contributed by atoms with Crippen molar-refractivity contribution in [3.63, 3.8) is 0 Å². The highest BCUT2D eigenvalue weighted by molar-refractivity contribution is 6.12. The summed E-state index contributed by atoms with van der Waals surface area (Å²) in [5, 5.41) is 4.47. The van der Waals surface area contributed by atoms with Crippen LogP contribution in [0.3, 0.4) is 0 Å². The normalized spacial score (nSPS) is 11.7. The molecule has 0 atom stereocenters. The summed E-state index contributed by atoms with van der Waals surface area (Å²) in [4.78, 5) is 9.17. The van der Waals surface area contributed by atoms with Gasteiger partial charge in [0.25, 0.3) is 0 Å². The van der Waals surface area contributed by atoms with E-state index in [1.165, 1.54) is 0 Å². The second kappa shape index (κ2) is 5.39. The van der Waals surface area contributed by atoms with Gasteiger partial charge in [0.1, 0.15) is 11.2 Å². The molecule has 0 unspecified atom stereocenters. The topological polar surface area (TPSA) is 38.9 Å². The number of furan rings is 1. The molecular formula is C24H14N2O. The van der Waals surface area contributed by atoms with Gasteiger partial charge in [0.2, 0.25) is 0 Å². The smallest absolute Gasteiger partial charge is 0.135 e. The fraction of sp³-hybridized carbons (Fsp3) is 0. The van der Waals surface area contributed by atoms with Crippen LogP contribution >= 0.6 is 0 Å². The number of nitrogens with zero attached hydrogens (tertiary/aromatic N) is 2. The number of benzene rings is 3. The highest BCUT2D eigenvalue weighted by Gasteiger charge is 2.12. The van der Waals surface area contributed by atoms with Gasteiger partial charge in [-0.25, -0.2) is 0 Å². The third kappa shape index (κ3) is 2.09. The van der Waals surface area contributed by atoms with Gasteiger partial charge in [0.15, 0.2) is 0 Å². The van der Waals surface area contributed by atoms with Gasteiger partial charge in [0.05, 0.1) is 11.0 Å².